The van der Waals surface area contributed by atoms with Crippen molar-refractivity contribution in [2.75, 3.05) is 25.6 Å². The van der Waals surface area contributed by atoms with Gasteiger partial charge in [-0.1, -0.05) is 19.8 Å². The summed E-state index contributed by atoms with van der Waals surface area (Å²) in [6.45, 7) is 4.26. The zero-order valence-electron chi connectivity index (χ0n) is 9.95. The van der Waals surface area contributed by atoms with E-state index in [9.17, 15) is 0 Å². The zero-order chi connectivity index (χ0) is 11.6. The van der Waals surface area contributed by atoms with Crippen molar-refractivity contribution >= 4 is 5.69 Å². The fraction of sp³-hybridized carbons (Fsp3) is 0.538. The fourth-order valence-corrected chi connectivity index (χ4v) is 1.34. The molecule has 0 radical (unpaired) electrons. The lowest BCUT2D eigenvalue weighted by Gasteiger charge is -2.07. The Labute approximate surface area is 97.6 Å². The van der Waals surface area contributed by atoms with Crippen molar-refractivity contribution in [2.24, 2.45) is 0 Å². The second kappa shape index (κ2) is 7.99. The van der Waals surface area contributed by atoms with Gasteiger partial charge in [0.25, 0.3) is 0 Å². The van der Waals surface area contributed by atoms with Gasteiger partial charge in [-0.3, -0.25) is 0 Å². The normalized spacial score (nSPS) is 10.3. The van der Waals surface area contributed by atoms with Gasteiger partial charge in [-0.2, -0.15) is 0 Å². The van der Waals surface area contributed by atoms with E-state index < -0.39 is 0 Å². The molecule has 0 spiro atoms. The van der Waals surface area contributed by atoms with Crippen LogP contribution in [0.1, 0.15) is 26.2 Å². The second-order valence-corrected chi connectivity index (χ2v) is 3.74. The fourth-order valence-electron chi connectivity index (χ4n) is 1.34. The third-order valence-corrected chi connectivity index (χ3v) is 2.27. The Kier molecular flexibility index (Phi) is 6.42. The second-order valence-electron chi connectivity index (χ2n) is 3.74. The minimum atomic E-state index is 0.593. The van der Waals surface area contributed by atoms with Crippen molar-refractivity contribution in [3.8, 4) is 5.75 Å². The van der Waals surface area contributed by atoms with Gasteiger partial charge in [0.1, 0.15) is 12.4 Å². The van der Waals surface area contributed by atoms with Crippen LogP contribution < -0.4 is 10.5 Å². The average Bonchev–Trinajstić information content (AvgIpc) is 2.30. The van der Waals surface area contributed by atoms with Crippen molar-refractivity contribution < 1.29 is 9.47 Å². The molecule has 0 saturated carbocycles. The molecule has 3 heteroatoms. The van der Waals surface area contributed by atoms with Crippen LogP contribution in [0, 0.1) is 0 Å². The van der Waals surface area contributed by atoms with Crippen LogP contribution in [0.5, 0.6) is 5.75 Å². The van der Waals surface area contributed by atoms with Gasteiger partial charge < -0.3 is 15.2 Å². The average molecular weight is 223 g/mol. The molecule has 2 N–H and O–H groups in total. The highest BCUT2D eigenvalue weighted by Crippen LogP contribution is 2.12. The molecule has 1 rings (SSSR count). The minimum absolute atomic E-state index is 0.593. The number of hydrogen-bond acceptors (Lipinski definition) is 3. The topological polar surface area (TPSA) is 44.5 Å². The van der Waals surface area contributed by atoms with Crippen LogP contribution in [-0.4, -0.2) is 19.8 Å². The largest absolute Gasteiger partial charge is 0.491 e. The number of nitrogen functional groups attached to an aromatic ring is 1. The van der Waals surface area contributed by atoms with E-state index in [0.717, 1.165) is 24.5 Å². The van der Waals surface area contributed by atoms with E-state index in [2.05, 4.69) is 6.92 Å². The van der Waals surface area contributed by atoms with Gasteiger partial charge in [-0.05, 0) is 30.7 Å². The van der Waals surface area contributed by atoms with Crippen molar-refractivity contribution in [1.82, 2.24) is 0 Å². The molecule has 0 aliphatic rings. The highest BCUT2D eigenvalue weighted by molar-refractivity contribution is 5.41. The number of rotatable bonds is 8. The summed E-state index contributed by atoms with van der Waals surface area (Å²) in [5.74, 6) is 0.839. The summed E-state index contributed by atoms with van der Waals surface area (Å²) in [5, 5.41) is 0. The van der Waals surface area contributed by atoms with Crippen molar-refractivity contribution in [1.29, 1.82) is 0 Å². The van der Waals surface area contributed by atoms with Gasteiger partial charge in [0.15, 0.2) is 0 Å². The smallest absolute Gasteiger partial charge is 0.119 e. The first-order chi connectivity index (χ1) is 7.83. The highest BCUT2D eigenvalue weighted by atomic mass is 16.5. The lowest BCUT2D eigenvalue weighted by Crippen LogP contribution is -2.07. The molecule has 0 amide bonds. The van der Waals surface area contributed by atoms with E-state index in [1.165, 1.54) is 12.8 Å². The summed E-state index contributed by atoms with van der Waals surface area (Å²) in [4.78, 5) is 0. The summed E-state index contributed by atoms with van der Waals surface area (Å²) in [6, 6.07) is 7.40. The third-order valence-electron chi connectivity index (χ3n) is 2.27. The molecule has 0 unspecified atom stereocenters. The maximum Gasteiger partial charge on any atom is 0.119 e. The molecule has 1 aromatic rings. The molecule has 0 saturated heterocycles. The summed E-state index contributed by atoms with van der Waals surface area (Å²) in [6.07, 6.45) is 3.60. The molecule has 0 heterocycles. The van der Waals surface area contributed by atoms with Crippen molar-refractivity contribution in [2.45, 2.75) is 26.2 Å². The molecule has 3 nitrogen and oxygen atoms in total. The number of ether oxygens (including phenoxy) is 2. The molecule has 16 heavy (non-hydrogen) atoms. The molecule has 0 aliphatic heterocycles. The van der Waals surface area contributed by atoms with Gasteiger partial charge >= 0.3 is 0 Å². The molecule has 0 bridgehead atoms. The summed E-state index contributed by atoms with van der Waals surface area (Å²) < 4.78 is 10.9. The van der Waals surface area contributed by atoms with E-state index in [1.807, 2.05) is 24.3 Å². The lowest BCUT2D eigenvalue weighted by molar-refractivity contribution is 0.0973. The van der Waals surface area contributed by atoms with Crippen LogP contribution in [0.15, 0.2) is 24.3 Å². The van der Waals surface area contributed by atoms with Crippen LogP contribution in [0.2, 0.25) is 0 Å². The molecule has 0 fully saturated rings. The molecular formula is C13H21NO2. The number of hydrogen-bond donors (Lipinski definition) is 1. The number of anilines is 1. The third kappa shape index (κ3) is 5.61. The number of unbranched alkanes of at least 4 members (excludes halogenated alkanes) is 2. The maximum absolute atomic E-state index is 5.57. The summed E-state index contributed by atoms with van der Waals surface area (Å²) in [7, 11) is 0. The molecule has 0 atom stereocenters. The van der Waals surface area contributed by atoms with E-state index in [1.54, 1.807) is 0 Å². The van der Waals surface area contributed by atoms with E-state index in [0.29, 0.717) is 13.2 Å². The van der Waals surface area contributed by atoms with Gasteiger partial charge in [-0.15, -0.1) is 0 Å². The first-order valence-electron chi connectivity index (χ1n) is 5.89. The Morgan fingerprint density at radius 2 is 1.75 bits per heavy atom. The first kappa shape index (κ1) is 12.8. The highest BCUT2D eigenvalue weighted by Gasteiger charge is 1.93. The van der Waals surface area contributed by atoms with E-state index in [4.69, 9.17) is 15.2 Å². The van der Waals surface area contributed by atoms with Crippen LogP contribution in [0.3, 0.4) is 0 Å². The van der Waals surface area contributed by atoms with Crippen molar-refractivity contribution in [3.05, 3.63) is 24.3 Å². The van der Waals surface area contributed by atoms with Crippen molar-refractivity contribution in [3.63, 3.8) is 0 Å². The molecule has 0 aromatic heterocycles. The first-order valence-corrected chi connectivity index (χ1v) is 5.89. The zero-order valence-corrected chi connectivity index (χ0v) is 9.95. The number of benzene rings is 1. The lowest BCUT2D eigenvalue weighted by atomic mass is 10.3. The Hall–Kier alpha value is -1.22. The number of nitrogens with two attached hydrogens (primary N) is 1. The Morgan fingerprint density at radius 3 is 2.44 bits per heavy atom. The van der Waals surface area contributed by atoms with Gasteiger partial charge in [0, 0.05) is 12.3 Å². The molecule has 90 valence electrons. The van der Waals surface area contributed by atoms with E-state index in [-0.39, 0.29) is 0 Å². The van der Waals surface area contributed by atoms with Gasteiger partial charge in [0.05, 0.1) is 6.61 Å². The molecule has 0 aliphatic carbocycles. The Bertz CT molecular complexity index is 272. The maximum atomic E-state index is 5.57. The van der Waals surface area contributed by atoms with Crippen LogP contribution in [0.4, 0.5) is 5.69 Å². The van der Waals surface area contributed by atoms with E-state index >= 15 is 0 Å². The SMILES string of the molecule is CCCCCOCCOc1ccc(N)cc1. The predicted octanol–water partition coefficient (Wildman–Crippen LogP) is 2.85. The standard InChI is InChI=1S/C13H21NO2/c1-2-3-4-9-15-10-11-16-13-7-5-12(14)6-8-13/h5-8H,2-4,9-11,14H2,1H3. The predicted molar refractivity (Wildman–Crippen MR) is 66.7 cm³/mol. The van der Waals surface area contributed by atoms with Gasteiger partial charge in [-0.25, -0.2) is 0 Å². The Balaban J connectivity index is 2.01. The quantitative estimate of drug-likeness (QED) is 0.544. The van der Waals surface area contributed by atoms with Crippen LogP contribution in [0.25, 0.3) is 0 Å². The molecule has 1 aromatic carbocycles. The Morgan fingerprint density at radius 1 is 1.00 bits per heavy atom. The van der Waals surface area contributed by atoms with Gasteiger partial charge in [0.2, 0.25) is 0 Å². The minimum Gasteiger partial charge on any atom is -0.491 e. The summed E-state index contributed by atoms with van der Waals surface area (Å²) >= 11 is 0. The van der Waals surface area contributed by atoms with Crippen LogP contribution in [-0.2, 0) is 4.74 Å². The summed E-state index contributed by atoms with van der Waals surface area (Å²) in [5.41, 5.74) is 6.32. The van der Waals surface area contributed by atoms with Crippen LogP contribution >= 0.6 is 0 Å². The monoisotopic (exact) mass is 223 g/mol. The molecular weight excluding hydrogens is 202 g/mol.